The minimum Gasteiger partial charge on any atom is -0.464 e. The van der Waals surface area contributed by atoms with Crippen LogP contribution in [0.1, 0.15) is 42.9 Å². The average molecular weight is 343 g/mol. The summed E-state index contributed by atoms with van der Waals surface area (Å²) in [5.41, 5.74) is 3.86. The fourth-order valence-corrected chi connectivity index (χ4v) is 3.37. The van der Waals surface area contributed by atoms with Crippen LogP contribution >= 0.6 is 0 Å². The highest BCUT2D eigenvalue weighted by atomic mass is 16.5. The zero-order chi connectivity index (χ0) is 18.0. The van der Waals surface area contributed by atoms with E-state index in [1.165, 1.54) is 0 Å². The maximum Gasteiger partial charge on any atom is 0.310 e. The van der Waals surface area contributed by atoms with Gasteiger partial charge in [-0.15, -0.1) is 0 Å². The van der Waals surface area contributed by atoms with E-state index in [1.54, 1.807) is 6.26 Å². The highest BCUT2D eigenvalue weighted by Gasteiger charge is 2.24. The third-order valence-electron chi connectivity index (χ3n) is 5.08. The first-order valence-electron chi connectivity index (χ1n) is 8.88. The van der Waals surface area contributed by atoms with E-state index in [0.29, 0.717) is 0 Å². The summed E-state index contributed by atoms with van der Waals surface area (Å²) in [6, 6.07) is 4.22. The van der Waals surface area contributed by atoms with Crippen molar-refractivity contribution >= 4 is 22.8 Å². The molecule has 1 saturated heterocycles. The van der Waals surface area contributed by atoms with Gasteiger partial charge in [-0.2, -0.15) is 0 Å². The van der Waals surface area contributed by atoms with E-state index in [9.17, 15) is 9.59 Å². The van der Waals surface area contributed by atoms with Crippen LogP contribution in [0.3, 0.4) is 0 Å². The van der Waals surface area contributed by atoms with Crippen LogP contribution in [0.5, 0.6) is 0 Å². The molecular formula is C20H25NO4. The Morgan fingerprint density at radius 3 is 2.76 bits per heavy atom. The second-order valence-electron chi connectivity index (χ2n) is 6.96. The van der Waals surface area contributed by atoms with Crippen LogP contribution in [0, 0.1) is 13.8 Å². The third-order valence-corrected chi connectivity index (χ3v) is 5.08. The lowest BCUT2D eigenvalue weighted by Gasteiger charge is -2.33. The van der Waals surface area contributed by atoms with Crippen LogP contribution in [-0.2, 0) is 20.7 Å². The van der Waals surface area contributed by atoms with Gasteiger partial charge in [-0.3, -0.25) is 9.59 Å². The van der Waals surface area contributed by atoms with Gasteiger partial charge in [0, 0.05) is 23.5 Å². The molecule has 1 aliphatic rings. The van der Waals surface area contributed by atoms with Crippen LogP contribution in [0.4, 0.5) is 0 Å². The van der Waals surface area contributed by atoms with Crippen molar-refractivity contribution in [3.8, 4) is 0 Å². The molecule has 1 fully saturated rings. The molecule has 0 unspecified atom stereocenters. The Morgan fingerprint density at radius 1 is 1.24 bits per heavy atom. The summed E-state index contributed by atoms with van der Waals surface area (Å²) in [5, 5.41) is 0.927. The van der Waals surface area contributed by atoms with Crippen molar-refractivity contribution in [2.45, 2.75) is 52.5 Å². The molecular weight excluding hydrogens is 318 g/mol. The van der Waals surface area contributed by atoms with Crippen LogP contribution in [-0.4, -0.2) is 36.0 Å². The number of furan rings is 1. The minimum absolute atomic E-state index is 0.107. The quantitative estimate of drug-likeness (QED) is 0.797. The molecule has 25 heavy (non-hydrogen) atoms. The standard InChI is InChI=1S/C20H25NO4/c1-13-8-17-16(11-24-18(17)9-14(13)2)10-20(23)25-12-19(22)21-7-5-4-6-15(21)3/h8-9,11,15H,4-7,10,12H2,1-3H3/t15-/m0/s1. The van der Waals surface area contributed by atoms with Gasteiger partial charge in [0.1, 0.15) is 5.58 Å². The molecule has 0 spiro atoms. The van der Waals surface area contributed by atoms with E-state index in [4.69, 9.17) is 9.15 Å². The second kappa shape index (κ2) is 7.30. The van der Waals surface area contributed by atoms with Gasteiger partial charge in [-0.25, -0.2) is 0 Å². The SMILES string of the molecule is Cc1cc2occ(CC(=O)OCC(=O)N3CCCC[C@@H]3C)c2cc1C. The molecule has 1 aliphatic heterocycles. The van der Waals surface area contributed by atoms with Crippen LogP contribution in [0.2, 0.25) is 0 Å². The first kappa shape index (κ1) is 17.5. The van der Waals surface area contributed by atoms with E-state index in [-0.39, 0.29) is 25.0 Å². The molecule has 5 nitrogen and oxygen atoms in total. The van der Waals surface area contributed by atoms with Crippen molar-refractivity contribution in [2.24, 2.45) is 0 Å². The monoisotopic (exact) mass is 343 g/mol. The molecule has 0 saturated carbocycles. The Morgan fingerprint density at radius 2 is 2.00 bits per heavy atom. The molecule has 2 heterocycles. The van der Waals surface area contributed by atoms with Gasteiger partial charge in [0.15, 0.2) is 6.61 Å². The molecule has 2 aromatic rings. The molecule has 1 amide bonds. The summed E-state index contributed by atoms with van der Waals surface area (Å²) in [7, 11) is 0. The predicted molar refractivity (Wildman–Crippen MR) is 95.4 cm³/mol. The molecule has 1 aromatic carbocycles. The molecule has 1 aromatic heterocycles. The third kappa shape index (κ3) is 3.86. The number of esters is 1. The number of fused-ring (bicyclic) bond motifs is 1. The normalized spacial score (nSPS) is 17.7. The lowest BCUT2D eigenvalue weighted by Crippen LogP contribution is -2.44. The minimum atomic E-state index is -0.404. The predicted octanol–water partition coefficient (Wildman–Crippen LogP) is 3.54. The van der Waals surface area contributed by atoms with E-state index in [0.717, 1.165) is 53.5 Å². The van der Waals surface area contributed by atoms with Crippen molar-refractivity contribution < 1.29 is 18.7 Å². The average Bonchev–Trinajstić information content (AvgIpc) is 2.95. The molecule has 0 aliphatic carbocycles. The lowest BCUT2D eigenvalue weighted by molar-refractivity contribution is -0.152. The Kier molecular flexibility index (Phi) is 5.11. The number of ether oxygens (including phenoxy) is 1. The van der Waals surface area contributed by atoms with Gasteiger partial charge in [0.05, 0.1) is 12.7 Å². The molecule has 1 atom stereocenters. The topological polar surface area (TPSA) is 59.8 Å². The van der Waals surface area contributed by atoms with Gasteiger partial charge in [-0.1, -0.05) is 0 Å². The highest BCUT2D eigenvalue weighted by molar-refractivity contribution is 5.87. The highest BCUT2D eigenvalue weighted by Crippen LogP contribution is 2.25. The number of likely N-dealkylation sites (tertiary alicyclic amines) is 1. The smallest absolute Gasteiger partial charge is 0.310 e. The summed E-state index contributed by atoms with van der Waals surface area (Å²) >= 11 is 0. The summed E-state index contributed by atoms with van der Waals surface area (Å²) in [5.74, 6) is -0.511. The number of hydrogen-bond acceptors (Lipinski definition) is 4. The molecule has 5 heteroatoms. The summed E-state index contributed by atoms with van der Waals surface area (Å²) in [6.45, 7) is 6.67. The Labute approximate surface area is 147 Å². The Balaban J connectivity index is 1.59. The molecule has 0 bridgehead atoms. The molecule has 0 N–H and O–H groups in total. The molecule has 134 valence electrons. The summed E-state index contributed by atoms with van der Waals surface area (Å²) in [4.78, 5) is 26.2. The first-order valence-corrected chi connectivity index (χ1v) is 8.88. The van der Waals surface area contributed by atoms with E-state index in [1.807, 2.05) is 37.8 Å². The van der Waals surface area contributed by atoms with E-state index in [2.05, 4.69) is 0 Å². The van der Waals surface area contributed by atoms with Gasteiger partial charge in [0.2, 0.25) is 0 Å². The number of hydrogen-bond donors (Lipinski definition) is 0. The van der Waals surface area contributed by atoms with Crippen molar-refractivity contribution in [1.29, 1.82) is 0 Å². The van der Waals surface area contributed by atoms with Crippen molar-refractivity contribution in [1.82, 2.24) is 4.90 Å². The number of rotatable bonds is 4. The number of carbonyl (C=O) groups excluding carboxylic acids is 2. The Hall–Kier alpha value is -2.30. The van der Waals surface area contributed by atoms with Gasteiger partial charge in [-0.05, 0) is 63.3 Å². The second-order valence-corrected chi connectivity index (χ2v) is 6.96. The Bertz CT molecular complexity index is 792. The zero-order valence-electron chi connectivity index (χ0n) is 15.1. The fraction of sp³-hybridized carbons (Fsp3) is 0.500. The fourth-order valence-electron chi connectivity index (χ4n) is 3.37. The van der Waals surface area contributed by atoms with Gasteiger partial charge in [0.25, 0.3) is 5.91 Å². The van der Waals surface area contributed by atoms with Crippen LogP contribution < -0.4 is 0 Å². The number of benzene rings is 1. The number of carbonyl (C=O) groups is 2. The van der Waals surface area contributed by atoms with Crippen molar-refractivity contribution in [3.05, 3.63) is 35.1 Å². The molecule has 0 radical (unpaired) electrons. The largest absolute Gasteiger partial charge is 0.464 e. The lowest BCUT2D eigenvalue weighted by atomic mass is 10.0. The summed E-state index contributed by atoms with van der Waals surface area (Å²) < 4.78 is 10.7. The maximum absolute atomic E-state index is 12.2. The first-order chi connectivity index (χ1) is 12.0. The number of amides is 1. The number of aryl methyl sites for hydroxylation is 2. The van der Waals surface area contributed by atoms with Gasteiger partial charge < -0.3 is 14.1 Å². The number of piperidine rings is 1. The zero-order valence-corrected chi connectivity index (χ0v) is 15.1. The number of nitrogens with zero attached hydrogens (tertiary/aromatic N) is 1. The summed E-state index contributed by atoms with van der Waals surface area (Å²) in [6.07, 6.45) is 4.89. The maximum atomic E-state index is 12.2. The van der Waals surface area contributed by atoms with Crippen LogP contribution in [0.15, 0.2) is 22.8 Å². The van der Waals surface area contributed by atoms with E-state index >= 15 is 0 Å². The van der Waals surface area contributed by atoms with Crippen LogP contribution in [0.25, 0.3) is 11.0 Å². The van der Waals surface area contributed by atoms with Crippen molar-refractivity contribution in [2.75, 3.05) is 13.2 Å². The van der Waals surface area contributed by atoms with Crippen molar-refractivity contribution in [3.63, 3.8) is 0 Å². The molecule has 3 rings (SSSR count). The van der Waals surface area contributed by atoms with Gasteiger partial charge >= 0.3 is 5.97 Å². The van der Waals surface area contributed by atoms with E-state index < -0.39 is 5.97 Å².